The predicted molar refractivity (Wildman–Crippen MR) is 127 cm³/mol. The van der Waals surface area contributed by atoms with Crippen molar-refractivity contribution >= 4 is 5.78 Å². The van der Waals surface area contributed by atoms with Gasteiger partial charge in [-0.1, -0.05) is 54.4 Å². The van der Waals surface area contributed by atoms with Crippen LogP contribution in [0.3, 0.4) is 0 Å². The van der Waals surface area contributed by atoms with Gasteiger partial charge in [0, 0.05) is 12.8 Å². The van der Waals surface area contributed by atoms with Crippen molar-refractivity contribution < 1.29 is 4.79 Å². The molecule has 0 spiro atoms. The third-order valence-electron chi connectivity index (χ3n) is 11.3. The first kappa shape index (κ1) is 22.8. The van der Waals surface area contributed by atoms with E-state index < -0.39 is 0 Å². The molecule has 0 aromatic carbocycles. The Labute approximate surface area is 187 Å². The fourth-order valence-corrected chi connectivity index (χ4v) is 9.82. The van der Waals surface area contributed by atoms with Gasteiger partial charge in [-0.05, 0) is 110 Å². The van der Waals surface area contributed by atoms with E-state index in [9.17, 15) is 4.79 Å². The Morgan fingerprint density at radius 3 is 2.43 bits per heavy atom. The van der Waals surface area contributed by atoms with Crippen LogP contribution in [0.25, 0.3) is 0 Å². The maximum absolute atomic E-state index is 12.2. The first-order valence-corrected chi connectivity index (χ1v) is 13.8. The van der Waals surface area contributed by atoms with Crippen LogP contribution < -0.4 is 0 Å². The Hall–Kier alpha value is -0.330. The van der Waals surface area contributed by atoms with Gasteiger partial charge < -0.3 is 0 Å². The molecule has 172 valence electrons. The lowest BCUT2D eigenvalue weighted by Crippen LogP contribution is -2.51. The smallest absolute Gasteiger partial charge is 0.133 e. The lowest BCUT2D eigenvalue weighted by Gasteiger charge is -2.57. The molecular weight excluding hydrogens is 364 g/mol. The molecule has 0 bridgehead atoms. The largest absolute Gasteiger partial charge is 0.300 e. The zero-order chi connectivity index (χ0) is 21.6. The topological polar surface area (TPSA) is 17.1 Å². The molecule has 4 saturated carbocycles. The molecule has 0 radical (unpaired) electrons. The number of carbonyl (C=O) groups is 1. The summed E-state index contributed by atoms with van der Waals surface area (Å²) in [4.78, 5) is 12.2. The summed E-state index contributed by atoms with van der Waals surface area (Å²) < 4.78 is 0. The number of hydrogen-bond acceptors (Lipinski definition) is 1. The highest BCUT2D eigenvalue weighted by Gasteiger charge is 2.58. The highest BCUT2D eigenvalue weighted by molar-refractivity contribution is 5.79. The molecule has 0 aliphatic heterocycles. The molecule has 30 heavy (non-hydrogen) atoms. The van der Waals surface area contributed by atoms with Crippen LogP contribution in [0.4, 0.5) is 0 Å². The minimum absolute atomic E-state index is 0.560. The first-order chi connectivity index (χ1) is 14.3. The fourth-order valence-electron chi connectivity index (χ4n) is 9.82. The van der Waals surface area contributed by atoms with Gasteiger partial charge in [-0.2, -0.15) is 0 Å². The van der Waals surface area contributed by atoms with Crippen molar-refractivity contribution in [3.8, 4) is 0 Å². The molecule has 0 N–H and O–H groups in total. The standard InChI is InChI=1S/C29H50O/c1-7-21(18(2)3)9-8-19(4)26-12-13-27-24-11-10-22-17-23(30)16-20(5)28(22)25(24)14-15-29(26,27)6/h18-22,24-28H,7-17H2,1-6H3. The zero-order valence-corrected chi connectivity index (χ0v) is 21.0. The molecule has 4 aliphatic carbocycles. The summed E-state index contributed by atoms with van der Waals surface area (Å²) in [7, 11) is 0. The number of hydrogen-bond donors (Lipinski definition) is 0. The van der Waals surface area contributed by atoms with Crippen LogP contribution in [0, 0.1) is 64.6 Å². The number of rotatable bonds is 6. The van der Waals surface area contributed by atoms with Gasteiger partial charge in [0.1, 0.15) is 5.78 Å². The van der Waals surface area contributed by atoms with Crippen molar-refractivity contribution in [3.63, 3.8) is 0 Å². The van der Waals surface area contributed by atoms with Crippen LogP contribution in [0.2, 0.25) is 0 Å². The molecule has 0 heterocycles. The quantitative estimate of drug-likeness (QED) is 0.428. The van der Waals surface area contributed by atoms with E-state index in [-0.39, 0.29) is 0 Å². The van der Waals surface area contributed by atoms with E-state index in [4.69, 9.17) is 0 Å². The van der Waals surface area contributed by atoms with Gasteiger partial charge in [0.05, 0.1) is 0 Å². The highest BCUT2D eigenvalue weighted by atomic mass is 16.1. The van der Waals surface area contributed by atoms with E-state index in [0.717, 1.165) is 66.1 Å². The van der Waals surface area contributed by atoms with Crippen molar-refractivity contribution in [1.82, 2.24) is 0 Å². The Kier molecular flexibility index (Phi) is 6.78. The molecule has 0 aromatic heterocycles. The molecule has 4 rings (SSSR count). The highest BCUT2D eigenvalue weighted by Crippen LogP contribution is 2.66. The average Bonchev–Trinajstić information content (AvgIpc) is 3.04. The number of fused-ring (bicyclic) bond motifs is 5. The molecule has 4 fully saturated rings. The van der Waals surface area contributed by atoms with E-state index in [0.29, 0.717) is 17.1 Å². The SMILES string of the molecule is CCC(CCC(C)C1CCC2C3CCC4CC(=O)CC(C)C4C3CCC12C)C(C)C. The van der Waals surface area contributed by atoms with Gasteiger partial charge in [0.25, 0.3) is 0 Å². The van der Waals surface area contributed by atoms with Gasteiger partial charge in [-0.25, -0.2) is 0 Å². The van der Waals surface area contributed by atoms with E-state index in [1.54, 1.807) is 0 Å². The van der Waals surface area contributed by atoms with Crippen molar-refractivity contribution in [1.29, 1.82) is 0 Å². The van der Waals surface area contributed by atoms with E-state index in [1.807, 2.05) is 0 Å². The monoisotopic (exact) mass is 414 g/mol. The van der Waals surface area contributed by atoms with Gasteiger partial charge in [-0.15, -0.1) is 0 Å². The summed E-state index contributed by atoms with van der Waals surface area (Å²) >= 11 is 0. The second-order valence-corrected chi connectivity index (χ2v) is 13.0. The molecule has 1 nitrogen and oxygen atoms in total. The molecule has 0 amide bonds. The minimum Gasteiger partial charge on any atom is -0.300 e. The minimum atomic E-state index is 0.560. The Morgan fingerprint density at radius 1 is 0.967 bits per heavy atom. The van der Waals surface area contributed by atoms with Crippen LogP contribution in [-0.2, 0) is 4.79 Å². The van der Waals surface area contributed by atoms with Gasteiger partial charge in [-0.3, -0.25) is 4.79 Å². The van der Waals surface area contributed by atoms with Gasteiger partial charge >= 0.3 is 0 Å². The van der Waals surface area contributed by atoms with Crippen LogP contribution >= 0.6 is 0 Å². The third-order valence-corrected chi connectivity index (χ3v) is 11.3. The second-order valence-electron chi connectivity index (χ2n) is 13.0. The molecular formula is C29H50O. The van der Waals surface area contributed by atoms with Crippen LogP contribution in [-0.4, -0.2) is 5.78 Å². The Bertz CT molecular complexity index is 607. The second kappa shape index (κ2) is 8.90. The number of Topliss-reactive ketones (excluding diaryl/α,β-unsaturated/α-hetero) is 1. The van der Waals surface area contributed by atoms with Crippen LogP contribution in [0.5, 0.6) is 0 Å². The number of ketones is 1. The van der Waals surface area contributed by atoms with Crippen molar-refractivity contribution in [2.75, 3.05) is 0 Å². The summed E-state index contributed by atoms with van der Waals surface area (Å²) in [6.07, 6.45) is 14.7. The number of carbonyl (C=O) groups excluding carboxylic acids is 1. The first-order valence-electron chi connectivity index (χ1n) is 13.8. The zero-order valence-electron chi connectivity index (χ0n) is 21.0. The third kappa shape index (κ3) is 3.94. The van der Waals surface area contributed by atoms with Gasteiger partial charge in [0.2, 0.25) is 0 Å². The predicted octanol–water partition coefficient (Wildman–Crippen LogP) is 8.17. The van der Waals surface area contributed by atoms with Crippen LogP contribution in [0.15, 0.2) is 0 Å². The van der Waals surface area contributed by atoms with Crippen molar-refractivity contribution in [2.24, 2.45) is 64.6 Å². The lowest BCUT2D eigenvalue weighted by molar-refractivity contribution is -0.132. The van der Waals surface area contributed by atoms with Crippen LogP contribution in [0.1, 0.15) is 112 Å². The van der Waals surface area contributed by atoms with E-state index in [2.05, 4.69) is 41.5 Å². The molecule has 4 aliphatic rings. The van der Waals surface area contributed by atoms with Crippen molar-refractivity contribution in [2.45, 2.75) is 112 Å². The molecule has 1 heteroatoms. The fraction of sp³-hybridized carbons (Fsp3) is 0.966. The van der Waals surface area contributed by atoms with E-state index in [1.165, 1.54) is 57.8 Å². The average molecular weight is 415 g/mol. The summed E-state index contributed by atoms with van der Waals surface area (Å²) in [6, 6.07) is 0. The lowest BCUT2D eigenvalue weighted by atomic mass is 9.48. The normalized spacial score (nSPS) is 45.6. The summed E-state index contributed by atoms with van der Waals surface area (Å²) in [5, 5.41) is 0. The molecule has 0 saturated heterocycles. The van der Waals surface area contributed by atoms with Crippen molar-refractivity contribution in [3.05, 3.63) is 0 Å². The molecule has 0 aromatic rings. The molecule has 10 unspecified atom stereocenters. The Morgan fingerprint density at radius 2 is 1.73 bits per heavy atom. The van der Waals surface area contributed by atoms with Gasteiger partial charge in [0.15, 0.2) is 0 Å². The maximum atomic E-state index is 12.2. The summed E-state index contributed by atoms with van der Waals surface area (Å²) in [5.41, 5.74) is 0.598. The Balaban J connectivity index is 1.44. The summed E-state index contributed by atoms with van der Waals surface area (Å²) in [6.45, 7) is 14.9. The molecule has 10 atom stereocenters. The van der Waals surface area contributed by atoms with E-state index >= 15 is 0 Å². The maximum Gasteiger partial charge on any atom is 0.133 e. The summed E-state index contributed by atoms with van der Waals surface area (Å²) in [5.74, 6) is 9.27.